The van der Waals surface area contributed by atoms with Crippen LogP contribution in [0, 0.1) is 12.8 Å². The van der Waals surface area contributed by atoms with E-state index in [0.717, 1.165) is 83.0 Å². The molecule has 1 atom stereocenters. The van der Waals surface area contributed by atoms with Crippen LogP contribution >= 0.6 is 11.6 Å². The highest BCUT2D eigenvalue weighted by Gasteiger charge is 2.23. The molecular weight excluding hydrogens is 386 g/mol. The van der Waals surface area contributed by atoms with E-state index in [-0.39, 0.29) is 0 Å². The third-order valence-corrected chi connectivity index (χ3v) is 5.93. The van der Waals surface area contributed by atoms with Gasteiger partial charge < -0.3 is 20.3 Å². The van der Waals surface area contributed by atoms with Crippen LogP contribution in [0.25, 0.3) is 0 Å². The monoisotopic (exact) mass is 421 g/mol. The molecule has 0 spiro atoms. The largest absolute Gasteiger partial charge is 0.379 e. The zero-order chi connectivity index (χ0) is 20.5. The molecule has 7 heteroatoms. The molecule has 1 aromatic rings. The van der Waals surface area contributed by atoms with Crippen molar-refractivity contribution in [3.05, 3.63) is 28.8 Å². The van der Waals surface area contributed by atoms with Gasteiger partial charge in [-0.05, 0) is 56.8 Å². The Morgan fingerprint density at radius 2 is 2.07 bits per heavy atom. The van der Waals surface area contributed by atoms with Crippen molar-refractivity contribution in [3.8, 4) is 0 Å². The Kier molecular flexibility index (Phi) is 8.90. The molecule has 2 N–H and O–H groups in total. The first-order chi connectivity index (χ1) is 14.2. The lowest BCUT2D eigenvalue weighted by Gasteiger charge is -2.26. The Morgan fingerprint density at radius 1 is 1.24 bits per heavy atom. The van der Waals surface area contributed by atoms with E-state index in [1.165, 1.54) is 17.7 Å². The number of aliphatic imine (C=N–C) groups is 1. The minimum atomic E-state index is 0.581. The van der Waals surface area contributed by atoms with Gasteiger partial charge in [-0.2, -0.15) is 0 Å². The van der Waals surface area contributed by atoms with E-state index in [1.807, 2.05) is 6.07 Å². The maximum Gasteiger partial charge on any atom is 0.191 e. The third kappa shape index (κ3) is 7.05. The maximum atomic E-state index is 6.20. The van der Waals surface area contributed by atoms with Crippen molar-refractivity contribution in [1.29, 1.82) is 0 Å². The number of morpholine rings is 1. The van der Waals surface area contributed by atoms with Crippen LogP contribution in [-0.2, 0) is 4.74 Å². The number of halogens is 1. The molecule has 0 aliphatic carbocycles. The fourth-order valence-electron chi connectivity index (χ4n) is 4.02. The Bertz CT molecular complexity index is 663. The lowest BCUT2D eigenvalue weighted by atomic mass is 10.1. The smallest absolute Gasteiger partial charge is 0.191 e. The summed E-state index contributed by atoms with van der Waals surface area (Å²) in [6.45, 7) is 14.0. The SMILES string of the molecule is CCNC(=NCC1CCN(c2cc(Cl)ccc2C)C1)NCCCN1CCOCC1. The molecule has 0 amide bonds. The fourth-order valence-corrected chi connectivity index (χ4v) is 4.19. The van der Waals surface area contributed by atoms with Crippen LogP contribution in [0.5, 0.6) is 0 Å². The van der Waals surface area contributed by atoms with E-state index < -0.39 is 0 Å². The first-order valence-electron chi connectivity index (χ1n) is 11.0. The van der Waals surface area contributed by atoms with Gasteiger partial charge >= 0.3 is 0 Å². The van der Waals surface area contributed by atoms with Crippen LogP contribution in [0.1, 0.15) is 25.3 Å². The van der Waals surface area contributed by atoms with Crippen molar-refractivity contribution in [1.82, 2.24) is 15.5 Å². The molecule has 0 saturated carbocycles. The van der Waals surface area contributed by atoms with Crippen LogP contribution < -0.4 is 15.5 Å². The van der Waals surface area contributed by atoms with Gasteiger partial charge in [-0.25, -0.2) is 0 Å². The number of rotatable bonds is 8. The van der Waals surface area contributed by atoms with Crippen LogP contribution in [0.3, 0.4) is 0 Å². The van der Waals surface area contributed by atoms with Gasteiger partial charge in [0.25, 0.3) is 0 Å². The molecule has 0 bridgehead atoms. The minimum Gasteiger partial charge on any atom is -0.379 e. The summed E-state index contributed by atoms with van der Waals surface area (Å²) in [4.78, 5) is 9.78. The van der Waals surface area contributed by atoms with Gasteiger partial charge in [0, 0.05) is 56.5 Å². The lowest BCUT2D eigenvalue weighted by Crippen LogP contribution is -2.41. The Balaban J connectivity index is 1.43. The molecule has 2 fully saturated rings. The summed E-state index contributed by atoms with van der Waals surface area (Å²) in [6, 6.07) is 6.15. The Hall–Kier alpha value is -1.50. The topological polar surface area (TPSA) is 52.1 Å². The number of anilines is 1. The molecule has 1 aromatic carbocycles. The molecule has 2 heterocycles. The highest BCUT2D eigenvalue weighted by atomic mass is 35.5. The number of ether oxygens (including phenoxy) is 1. The quantitative estimate of drug-likeness (QED) is 0.384. The lowest BCUT2D eigenvalue weighted by molar-refractivity contribution is 0.0376. The maximum absolute atomic E-state index is 6.20. The summed E-state index contributed by atoms with van der Waals surface area (Å²) in [6.07, 6.45) is 2.29. The van der Waals surface area contributed by atoms with Crippen molar-refractivity contribution in [2.45, 2.75) is 26.7 Å². The molecule has 2 aliphatic rings. The second-order valence-electron chi connectivity index (χ2n) is 7.99. The predicted molar refractivity (Wildman–Crippen MR) is 122 cm³/mol. The summed E-state index contributed by atoms with van der Waals surface area (Å²) in [5, 5.41) is 7.68. The van der Waals surface area contributed by atoms with Crippen molar-refractivity contribution in [3.63, 3.8) is 0 Å². The second kappa shape index (κ2) is 11.6. The van der Waals surface area contributed by atoms with E-state index in [2.05, 4.69) is 46.4 Å². The van der Waals surface area contributed by atoms with Gasteiger partial charge in [0.2, 0.25) is 0 Å². The highest BCUT2D eigenvalue weighted by molar-refractivity contribution is 6.30. The summed E-state index contributed by atoms with van der Waals surface area (Å²) in [5.74, 6) is 1.52. The van der Waals surface area contributed by atoms with Crippen LogP contribution in [0.2, 0.25) is 5.02 Å². The van der Waals surface area contributed by atoms with Gasteiger partial charge in [-0.1, -0.05) is 17.7 Å². The zero-order valence-electron chi connectivity index (χ0n) is 17.9. The number of hydrogen-bond acceptors (Lipinski definition) is 4. The van der Waals surface area contributed by atoms with E-state index in [4.69, 9.17) is 21.3 Å². The Labute approximate surface area is 180 Å². The van der Waals surface area contributed by atoms with Crippen molar-refractivity contribution >= 4 is 23.2 Å². The van der Waals surface area contributed by atoms with Crippen LogP contribution in [0.15, 0.2) is 23.2 Å². The molecule has 3 rings (SSSR count). The van der Waals surface area contributed by atoms with Crippen molar-refractivity contribution in [2.75, 3.05) is 70.5 Å². The predicted octanol–water partition coefficient (Wildman–Crippen LogP) is 2.75. The molecule has 2 aliphatic heterocycles. The normalized spacial score (nSPS) is 20.9. The average Bonchev–Trinajstić information content (AvgIpc) is 3.20. The average molecular weight is 422 g/mol. The van der Waals surface area contributed by atoms with Crippen LogP contribution in [-0.4, -0.2) is 76.4 Å². The minimum absolute atomic E-state index is 0.581. The summed E-state index contributed by atoms with van der Waals surface area (Å²) in [5.41, 5.74) is 2.55. The number of guanidine groups is 1. The van der Waals surface area contributed by atoms with Crippen molar-refractivity contribution in [2.24, 2.45) is 10.9 Å². The standard InChI is InChI=1S/C22H36ClN5O/c1-3-24-22(25-8-4-9-27-11-13-29-14-12-27)26-16-19-7-10-28(17-19)21-15-20(23)6-5-18(21)2/h5-6,15,19H,3-4,7-14,16-17H2,1-2H3,(H2,24,25,26). The number of aryl methyl sites for hydroxylation is 1. The second-order valence-corrected chi connectivity index (χ2v) is 8.42. The fraction of sp³-hybridized carbons (Fsp3) is 0.682. The molecule has 162 valence electrons. The van der Waals surface area contributed by atoms with E-state index in [9.17, 15) is 0 Å². The van der Waals surface area contributed by atoms with Crippen LogP contribution in [0.4, 0.5) is 5.69 Å². The molecule has 6 nitrogen and oxygen atoms in total. The molecule has 0 aromatic heterocycles. The summed E-state index contributed by atoms with van der Waals surface area (Å²) >= 11 is 6.20. The number of benzene rings is 1. The number of nitrogens with one attached hydrogen (secondary N) is 2. The van der Waals surface area contributed by atoms with Gasteiger partial charge in [0.05, 0.1) is 13.2 Å². The van der Waals surface area contributed by atoms with Gasteiger partial charge in [0.15, 0.2) is 5.96 Å². The summed E-state index contributed by atoms with van der Waals surface area (Å²) in [7, 11) is 0. The Morgan fingerprint density at radius 3 is 2.86 bits per heavy atom. The number of nitrogens with zero attached hydrogens (tertiary/aromatic N) is 3. The molecule has 0 radical (unpaired) electrons. The third-order valence-electron chi connectivity index (χ3n) is 5.70. The first-order valence-corrected chi connectivity index (χ1v) is 11.4. The highest BCUT2D eigenvalue weighted by Crippen LogP contribution is 2.29. The van der Waals surface area contributed by atoms with Gasteiger partial charge in [0.1, 0.15) is 0 Å². The molecular formula is C22H36ClN5O. The van der Waals surface area contributed by atoms with E-state index in [0.29, 0.717) is 5.92 Å². The molecule has 1 unspecified atom stereocenters. The van der Waals surface area contributed by atoms with Crippen molar-refractivity contribution < 1.29 is 4.74 Å². The number of hydrogen-bond donors (Lipinski definition) is 2. The van der Waals surface area contributed by atoms with Gasteiger partial charge in [-0.3, -0.25) is 9.89 Å². The van der Waals surface area contributed by atoms with E-state index >= 15 is 0 Å². The summed E-state index contributed by atoms with van der Waals surface area (Å²) < 4.78 is 5.41. The zero-order valence-corrected chi connectivity index (χ0v) is 18.7. The van der Waals surface area contributed by atoms with E-state index in [1.54, 1.807) is 0 Å². The molecule has 2 saturated heterocycles. The van der Waals surface area contributed by atoms with Gasteiger partial charge in [-0.15, -0.1) is 0 Å². The molecule has 29 heavy (non-hydrogen) atoms. The first kappa shape index (κ1) is 22.2.